The second kappa shape index (κ2) is 8.60. The third kappa shape index (κ3) is 4.14. The fraction of sp³-hybridized carbons (Fsp3) is 0.200. The zero-order valence-electron chi connectivity index (χ0n) is 17.4. The number of carbonyl (C=O) groups excluding carboxylic acids is 2. The Balaban J connectivity index is 1.89. The van der Waals surface area contributed by atoms with Gasteiger partial charge in [-0.1, -0.05) is 42.0 Å². The van der Waals surface area contributed by atoms with E-state index in [2.05, 4.69) is 5.32 Å². The van der Waals surface area contributed by atoms with Gasteiger partial charge in [-0.25, -0.2) is 4.39 Å². The van der Waals surface area contributed by atoms with Gasteiger partial charge in [0, 0.05) is 11.3 Å². The molecule has 0 aliphatic carbocycles. The van der Waals surface area contributed by atoms with Gasteiger partial charge < -0.3 is 15.0 Å². The van der Waals surface area contributed by atoms with Crippen LogP contribution in [-0.4, -0.2) is 29.9 Å². The largest absolute Gasteiger partial charge is 0.493 e. The highest BCUT2D eigenvalue weighted by molar-refractivity contribution is 6.02. The van der Waals surface area contributed by atoms with Crippen molar-refractivity contribution in [2.24, 2.45) is 0 Å². The lowest BCUT2D eigenvalue weighted by Crippen LogP contribution is -2.39. The first kappa shape index (κ1) is 20.6. The number of nitrogens with zero attached hydrogens (tertiary/aromatic N) is 1. The van der Waals surface area contributed by atoms with Gasteiger partial charge in [0.2, 0.25) is 5.91 Å². The Morgan fingerprint density at radius 1 is 1.13 bits per heavy atom. The minimum atomic E-state index is -0.573. The summed E-state index contributed by atoms with van der Waals surface area (Å²) in [6.07, 6.45) is 0. The first-order valence-corrected chi connectivity index (χ1v) is 10.2. The highest BCUT2D eigenvalue weighted by Gasteiger charge is 2.35. The molecule has 0 radical (unpaired) electrons. The van der Waals surface area contributed by atoms with Crippen LogP contribution in [0, 0.1) is 12.7 Å². The first-order chi connectivity index (χ1) is 15.0. The molecule has 1 heterocycles. The fourth-order valence-corrected chi connectivity index (χ4v) is 3.90. The lowest BCUT2D eigenvalue weighted by atomic mass is 9.94. The van der Waals surface area contributed by atoms with Crippen molar-refractivity contribution >= 4 is 17.5 Å². The summed E-state index contributed by atoms with van der Waals surface area (Å²) >= 11 is 0. The predicted octanol–water partition coefficient (Wildman–Crippen LogP) is 4.72. The quantitative estimate of drug-likeness (QED) is 0.667. The summed E-state index contributed by atoms with van der Waals surface area (Å²) in [4.78, 5) is 28.0. The Morgan fingerprint density at radius 2 is 1.87 bits per heavy atom. The lowest BCUT2D eigenvalue weighted by molar-refractivity contribution is -0.117. The number of halogens is 1. The van der Waals surface area contributed by atoms with Crippen molar-refractivity contribution < 1.29 is 18.7 Å². The van der Waals surface area contributed by atoms with Crippen LogP contribution in [0.15, 0.2) is 66.7 Å². The summed E-state index contributed by atoms with van der Waals surface area (Å²) in [5, 5.41) is 2.90. The van der Waals surface area contributed by atoms with Gasteiger partial charge in [0.15, 0.2) is 0 Å². The number of para-hydroxylation sites is 1. The number of benzene rings is 3. The molecule has 1 atom stereocenters. The van der Waals surface area contributed by atoms with E-state index in [0.29, 0.717) is 29.2 Å². The maximum atomic E-state index is 13.7. The lowest BCUT2D eigenvalue weighted by Gasteiger charge is -2.31. The number of aryl methyl sites for hydroxylation is 1. The molecule has 0 unspecified atom stereocenters. The normalized spacial score (nSPS) is 15.6. The van der Waals surface area contributed by atoms with Crippen molar-refractivity contribution in [2.75, 3.05) is 18.5 Å². The van der Waals surface area contributed by atoms with E-state index in [4.69, 9.17) is 4.74 Å². The van der Waals surface area contributed by atoms with Gasteiger partial charge in [-0.05, 0) is 49.7 Å². The second-order valence-corrected chi connectivity index (χ2v) is 7.46. The van der Waals surface area contributed by atoms with E-state index in [-0.39, 0.29) is 24.2 Å². The molecule has 0 saturated carbocycles. The summed E-state index contributed by atoms with van der Waals surface area (Å²) in [5.41, 5.74) is 3.49. The number of ether oxygens (including phenoxy) is 1. The minimum absolute atomic E-state index is 0.144. The molecule has 0 spiro atoms. The Hall–Kier alpha value is -3.67. The van der Waals surface area contributed by atoms with Crippen molar-refractivity contribution in [3.8, 4) is 5.75 Å². The molecule has 0 fully saturated rings. The Kier molecular flexibility index (Phi) is 5.71. The molecule has 1 aliphatic heterocycles. The van der Waals surface area contributed by atoms with E-state index in [1.807, 2.05) is 32.0 Å². The number of nitrogens with one attached hydrogen (secondary N) is 1. The fourth-order valence-electron chi connectivity index (χ4n) is 3.90. The minimum Gasteiger partial charge on any atom is -0.493 e. The SMILES string of the molecule is CCOc1ccccc1C(=O)N1CC(=O)Nc2ccc(C)cc2[C@@H]1c1ccc(F)cc1. The average molecular weight is 418 g/mol. The summed E-state index contributed by atoms with van der Waals surface area (Å²) in [5.74, 6) is -0.530. The second-order valence-electron chi connectivity index (χ2n) is 7.46. The summed E-state index contributed by atoms with van der Waals surface area (Å²) in [7, 11) is 0. The molecule has 1 N–H and O–H groups in total. The monoisotopic (exact) mass is 418 g/mol. The average Bonchev–Trinajstić information content (AvgIpc) is 2.90. The van der Waals surface area contributed by atoms with Gasteiger partial charge in [-0.2, -0.15) is 0 Å². The maximum absolute atomic E-state index is 13.7. The summed E-state index contributed by atoms with van der Waals surface area (Å²) < 4.78 is 19.3. The smallest absolute Gasteiger partial charge is 0.258 e. The number of anilines is 1. The number of hydrogen-bond donors (Lipinski definition) is 1. The third-order valence-corrected chi connectivity index (χ3v) is 5.27. The van der Waals surface area contributed by atoms with E-state index in [1.165, 1.54) is 17.0 Å². The third-order valence-electron chi connectivity index (χ3n) is 5.27. The van der Waals surface area contributed by atoms with Gasteiger partial charge in [0.25, 0.3) is 5.91 Å². The highest BCUT2D eigenvalue weighted by Crippen LogP contribution is 2.38. The van der Waals surface area contributed by atoms with Crippen LogP contribution in [0.4, 0.5) is 10.1 Å². The molecule has 0 bridgehead atoms. The van der Waals surface area contributed by atoms with Crippen LogP contribution in [0.25, 0.3) is 0 Å². The molecule has 4 rings (SSSR count). The highest BCUT2D eigenvalue weighted by atomic mass is 19.1. The van der Waals surface area contributed by atoms with Crippen LogP contribution in [0.5, 0.6) is 5.75 Å². The van der Waals surface area contributed by atoms with Crippen molar-refractivity contribution in [1.82, 2.24) is 4.90 Å². The van der Waals surface area contributed by atoms with Gasteiger partial charge in [-0.3, -0.25) is 9.59 Å². The zero-order valence-corrected chi connectivity index (χ0v) is 17.4. The van der Waals surface area contributed by atoms with Crippen LogP contribution in [0.2, 0.25) is 0 Å². The molecule has 0 aromatic heterocycles. The van der Waals surface area contributed by atoms with Gasteiger partial charge in [0.1, 0.15) is 18.1 Å². The topological polar surface area (TPSA) is 58.6 Å². The summed E-state index contributed by atoms with van der Waals surface area (Å²) in [6.45, 7) is 4.06. The van der Waals surface area contributed by atoms with Crippen LogP contribution < -0.4 is 10.1 Å². The van der Waals surface area contributed by atoms with Crippen LogP contribution in [0.1, 0.15) is 40.0 Å². The van der Waals surface area contributed by atoms with Crippen molar-refractivity contribution in [3.63, 3.8) is 0 Å². The number of rotatable bonds is 4. The van der Waals surface area contributed by atoms with Crippen LogP contribution in [0.3, 0.4) is 0 Å². The molecule has 3 aromatic rings. The molecule has 2 amide bonds. The van der Waals surface area contributed by atoms with Crippen molar-refractivity contribution in [3.05, 3.63) is 94.8 Å². The van der Waals surface area contributed by atoms with Crippen molar-refractivity contribution in [1.29, 1.82) is 0 Å². The van der Waals surface area contributed by atoms with Gasteiger partial charge >= 0.3 is 0 Å². The Morgan fingerprint density at radius 3 is 2.61 bits per heavy atom. The van der Waals surface area contributed by atoms with E-state index in [9.17, 15) is 14.0 Å². The number of hydrogen-bond acceptors (Lipinski definition) is 3. The van der Waals surface area contributed by atoms with Crippen LogP contribution >= 0.6 is 0 Å². The van der Waals surface area contributed by atoms with Crippen LogP contribution in [-0.2, 0) is 4.79 Å². The van der Waals surface area contributed by atoms with Gasteiger partial charge in [-0.15, -0.1) is 0 Å². The summed E-state index contributed by atoms with van der Waals surface area (Å²) in [6, 6.07) is 18.1. The predicted molar refractivity (Wildman–Crippen MR) is 117 cm³/mol. The molecule has 3 aromatic carbocycles. The van der Waals surface area contributed by atoms with E-state index in [0.717, 1.165) is 11.1 Å². The Bertz CT molecular complexity index is 1130. The molecule has 5 nitrogen and oxygen atoms in total. The maximum Gasteiger partial charge on any atom is 0.258 e. The molecular weight excluding hydrogens is 395 g/mol. The Labute approximate surface area is 180 Å². The molecule has 0 saturated heterocycles. The number of amides is 2. The molecule has 31 heavy (non-hydrogen) atoms. The number of carbonyl (C=O) groups is 2. The van der Waals surface area contributed by atoms with E-state index in [1.54, 1.807) is 36.4 Å². The molecule has 1 aliphatic rings. The van der Waals surface area contributed by atoms with E-state index >= 15 is 0 Å². The van der Waals surface area contributed by atoms with Crippen molar-refractivity contribution in [2.45, 2.75) is 19.9 Å². The number of fused-ring (bicyclic) bond motifs is 1. The standard InChI is InChI=1S/C25H23FN2O3/c1-3-31-22-7-5-4-6-19(22)25(30)28-15-23(29)27-21-13-8-16(2)14-20(21)24(28)17-9-11-18(26)12-10-17/h4-14,24H,3,15H2,1-2H3,(H,27,29)/t24-/m0/s1. The first-order valence-electron chi connectivity index (χ1n) is 10.2. The molecule has 158 valence electrons. The zero-order chi connectivity index (χ0) is 22.0. The van der Waals surface area contributed by atoms with Gasteiger partial charge in [0.05, 0.1) is 18.2 Å². The molecular formula is C25H23FN2O3. The van der Waals surface area contributed by atoms with E-state index < -0.39 is 6.04 Å². The molecule has 6 heteroatoms.